The maximum Gasteiger partial charge on any atom is 0.317 e. The minimum absolute atomic E-state index is 0.0484. The van der Waals surface area contributed by atoms with Gasteiger partial charge in [0.05, 0.1) is 13.1 Å². The van der Waals surface area contributed by atoms with Crippen LogP contribution in [0.2, 0.25) is 0 Å². The number of amides is 1. The van der Waals surface area contributed by atoms with Crippen LogP contribution in [0.1, 0.15) is 20.8 Å². The Labute approximate surface area is 117 Å². The van der Waals surface area contributed by atoms with E-state index in [1.807, 2.05) is 20.8 Å². The van der Waals surface area contributed by atoms with Gasteiger partial charge in [-0.2, -0.15) is 0 Å². The molecule has 2 N–H and O–H groups in total. The predicted octanol–water partition coefficient (Wildman–Crippen LogP) is 1.95. The number of benzene rings is 1. The van der Waals surface area contributed by atoms with Gasteiger partial charge in [0.25, 0.3) is 0 Å². The molecule has 0 heterocycles. The number of anilines is 1. The summed E-state index contributed by atoms with van der Waals surface area (Å²) in [7, 11) is 0. The molecule has 0 aliphatic heterocycles. The zero-order valence-electron chi connectivity index (χ0n) is 11.8. The summed E-state index contributed by atoms with van der Waals surface area (Å²) >= 11 is 0. The summed E-state index contributed by atoms with van der Waals surface area (Å²) in [5, 5.41) is 11.5. The summed E-state index contributed by atoms with van der Waals surface area (Å²) in [6.07, 6.45) is 0. The molecule has 1 aromatic carbocycles. The van der Waals surface area contributed by atoms with Crippen LogP contribution in [0.4, 0.5) is 10.1 Å². The van der Waals surface area contributed by atoms with Crippen molar-refractivity contribution < 1.29 is 19.1 Å². The molecule has 0 saturated carbocycles. The van der Waals surface area contributed by atoms with Crippen LogP contribution < -0.4 is 5.32 Å². The monoisotopic (exact) mass is 282 g/mol. The van der Waals surface area contributed by atoms with Crippen LogP contribution in [-0.2, 0) is 9.59 Å². The van der Waals surface area contributed by atoms with E-state index in [2.05, 4.69) is 5.32 Å². The van der Waals surface area contributed by atoms with E-state index in [1.54, 1.807) is 4.90 Å². The summed E-state index contributed by atoms with van der Waals surface area (Å²) in [6.45, 7) is 5.23. The molecule has 0 aliphatic carbocycles. The molecule has 110 valence electrons. The molecule has 0 bridgehead atoms. The molecule has 1 rings (SSSR count). The van der Waals surface area contributed by atoms with E-state index in [9.17, 15) is 14.0 Å². The third kappa shape index (κ3) is 5.36. The number of hydrogen-bond donors (Lipinski definition) is 2. The molecule has 1 amide bonds. The molecular weight excluding hydrogens is 263 g/mol. The number of carboxylic acid groups (broad SMARTS) is 1. The largest absolute Gasteiger partial charge is 0.480 e. The van der Waals surface area contributed by atoms with Crippen LogP contribution in [-0.4, -0.2) is 40.5 Å². The van der Waals surface area contributed by atoms with Gasteiger partial charge < -0.3 is 10.4 Å². The quantitative estimate of drug-likeness (QED) is 0.866. The summed E-state index contributed by atoms with van der Waals surface area (Å²) in [5.41, 5.74) is 0.0269. The normalized spacial score (nSPS) is 11.4. The van der Waals surface area contributed by atoms with Crippen LogP contribution in [0.3, 0.4) is 0 Å². The fourth-order valence-corrected chi connectivity index (χ4v) is 1.60. The van der Waals surface area contributed by atoms with Gasteiger partial charge in [-0.15, -0.1) is 0 Å². The fraction of sp³-hybridized carbons (Fsp3) is 0.429. The molecule has 5 nitrogen and oxygen atoms in total. The SMILES string of the molecule is CC(C)(C)N(CC(=O)O)CC(=O)Nc1ccc(F)cc1. The Balaban J connectivity index is 2.66. The molecule has 0 atom stereocenters. The Morgan fingerprint density at radius 3 is 2.20 bits per heavy atom. The number of aliphatic carboxylic acids is 1. The first-order valence-corrected chi connectivity index (χ1v) is 6.21. The highest BCUT2D eigenvalue weighted by Crippen LogP contribution is 2.13. The number of nitrogens with zero attached hydrogens (tertiary/aromatic N) is 1. The maximum absolute atomic E-state index is 12.7. The van der Waals surface area contributed by atoms with Gasteiger partial charge in [-0.05, 0) is 45.0 Å². The van der Waals surface area contributed by atoms with Crippen LogP contribution >= 0.6 is 0 Å². The minimum atomic E-state index is -0.991. The van der Waals surface area contributed by atoms with Gasteiger partial charge in [-0.1, -0.05) is 0 Å². The molecule has 0 aliphatic rings. The van der Waals surface area contributed by atoms with E-state index in [0.717, 1.165) is 0 Å². The van der Waals surface area contributed by atoms with Gasteiger partial charge in [0.15, 0.2) is 0 Å². The Morgan fingerprint density at radius 2 is 1.75 bits per heavy atom. The molecule has 20 heavy (non-hydrogen) atoms. The average molecular weight is 282 g/mol. The van der Waals surface area contributed by atoms with E-state index in [4.69, 9.17) is 5.11 Å². The van der Waals surface area contributed by atoms with E-state index in [0.29, 0.717) is 5.69 Å². The van der Waals surface area contributed by atoms with Crippen molar-refractivity contribution in [2.45, 2.75) is 26.3 Å². The highest BCUT2D eigenvalue weighted by Gasteiger charge is 2.25. The second-order valence-corrected chi connectivity index (χ2v) is 5.48. The maximum atomic E-state index is 12.7. The van der Waals surface area contributed by atoms with E-state index < -0.39 is 11.5 Å². The number of carboxylic acids is 1. The number of carbonyl (C=O) groups is 2. The minimum Gasteiger partial charge on any atom is -0.480 e. The first-order chi connectivity index (χ1) is 9.18. The number of nitrogens with one attached hydrogen (secondary N) is 1. The molecule has 0 aromatic heterocycles. The van der Waals surface area contributed by atoms with Gasteiger partial charge in [0.1, 0.15) is 5.82 Å². The van der Waals surface area contributed by atoms with Crippen molar-refractivity contribution in [1.29, 1.82) is 0 Å². The van der Waals surface area contributed by atoms with Crippen molar-refractivity contribution in [1.82, 2.24) is 4.90 Å². The summed E-state index contributed by atoms with van der Waals surface area (Å²) in [5.74, 6) is -1.72. The number of halogens is 1. The molecule has 0 fully saturated rings. The standard InChI is InChI=1S/C14H19FN2O3/c1-14(2,3)17(9-13(19)20)8-12(18)16-11-6-4-10(15)5-7-11/h4-7H,8-9H2,1-3H3,(H,16,18)(H,19,20). The number of carbonyl (C=O) groups excluding carboxylic acids is 1. The highest BCUT2D eigenvalue weighted by molar-refractivity contribution is 5.92. The summed E-state index contributed by atoms with van der Waals surface area (Å²) in [6, 6.07) is 5.39. The molecular formula is C14H19FN2O3. The Kier molecular flexibility index (Phi) is 5.21. The van der Waals surface area contributed by atoms with E-state index in [-0.39, 0.29) is 24.8 Å². The lowest BCUT2D eigenvalue weighted by Gasteiger charge is -2.33. The van der Waals surface area contributed by atoms with Crippen LogP contribution in [0.25, 0.3) is 0 Å². The van der Waals surface area contributed by atoms with Gasteiger partial charge >= 0.3 is 5.97 Å². The molecule has 0 saturated heterocycles. The number of rotatable bonds is 5. The van der Waals surface area contributed by atoms with E-state index >= 15 is 0 Å². The molecule has 1 aromatic rings. The van der Waals surface area contributed by atoms with Gasteiger partial charge in [0, 0.05) is 11.2 Å². The summed E-state index contributed by atoms with van der Waals surface area (Å²) in [4.78, 5) is 24.3. The average Bonchev–Trinajstić information content (AvgIpc) is 2.29. The second kappa shape index (κ2) is 6.47. The first-order valence-electron chi connectivity index (χ1n) is 6.21. The first kappa shape index (κ1) is 16.1. The van der Waals surface area contributed by atoms with Crippen LogP contribution in [0.5, 0.6) is 0 Å². The van der Waals surface area contributed by atoms with Crippen molar-refractivity contribution >= 4 is 17.6 Å². The zero-order chi connectivity index (χ0) is 15.3. The lowest BCUT2D eigenvalue weighted by atomic mass is 10.1. The van der Waals surface area contributed by atoms with Gasteiger partial charge in [0.2, 0.25) is 5.91 Å². The summed E-state index contributed by atoms with van der Waals surface area (Å²) < 4.78 is 12.7. The topological polar surface area (TPSA) is 69.6 Å². The third-order valence-electron chi connectivity index (χ3n) is 2.74. The van der Waals surface area contributed by atoms with Crippen molar-refractivity contribution in [2.75, 3.05) is 18.4 Å². The molecule has 0 radical (unpaired) electrons. The number of hydrogen-bond acceptors (Lipinski definition) is 3. The van der Waals surface area contributed by atoms with Crippen molar-refractivity contribution in [3.63, 3.8) is 0 Å². The smallest absolute Gasteiger partial charge is 0.317 e. The van der Waals surface area contributed by atoms with Crippen LogP contribution in [0, 0.1) is 5.82 Å². The van der Waals surface area contributed by atoms with Crippen LogP contribution in [0.15, 0.2) is 24.3 Å². The predicted molar refractivity (Wildman–Crippen MR) is 74.0 cm³/mol. The Morgan fingerprint density at radius 1 is 1.20 bits per heavy atom. The van der Waals surface area contributed by atoms with Crippen molar-refractivity contribution in [2.24, 2.45) is 0 Å². The lowest BCUT2D eigenvalue weighted by Crippen LogP contribution is -2.48. The van der Waals surface area contributed by atoms with Crippen molar-refractivity contribution in [3.8, 4) is 0 Å². The van der Waals surface area contributed by atoms with E-state index in [1.165, 1.54) is 24.3 Å². The highest BCUT2D eigenvalue weighted by atomic mass is 19.1. The molecule has 6 heteroatoms. The second-order valence-electron chi connectivity index (χ2n) is 5.48. The van der Waals surface area contributed by atoms with Crippen molar-refractivity contribution in [3.05, 3.63) is 30.1 Å². The Bertz CT molecular complexity index is 480. The fourth-order valence-electron chi connectivity index (χ4n) is 1.60. The zero-order valence-corrected chi connectivity index (χ0v) is 11.8. The molecule has 0 spiro atoms. The van der Waals surface area contributed by atoms with Gasteiger partial charge in [-0.3, -0.25) is 14.5 Å². The molecule has 0 unspecified atom stereocenters. The lowest BCUT2D eigenvalue weighted by molar-refractivity contribution is -0.140. The Hall–Kier alpha value is -1.95. The van der Waals surface area contributed by atoms with Gasteiger partial charge in [-0.25, -0.2) is 4.39 Å². The third-order valence-corrected chi connectivity index (χ3v) is 2.74.